The molecule has 0 amide bonds. The third kappa shape index (κ3) is 5.26. The Morgan fingerprint density at radius 3 is 2.25 bits per heavy atom. The Morgan fingerprint density at radius 2 is 1.71 bits per heavy atom. The van der Waals surface area contributed by atoms with Gasteiger partial charge in [0.15, 0.2) is 0 Å². The standard InChI is InChI=1S/C17H32O6Si/c1-5-20-24(21-6-2,22-7-3)10-8-9-19-17(18)14-11-13(4)16-15(12-14)23-16/h13-16H,5-12H2,1-4H3. The number of esters is 1. The van der Waals surface area contributed by atoms with Gasteiger partial charge in [-0.1, -0.05) is 6.92 Å². The molecule has 2 rings (SSSR count). The van der Waals surface area contributed by atoms with E-state index in [9.17, 15) is 4.79 Å². The van der Waals surface area contributed by atoms with Crippen LogP contribution in [0, 0.1) is 11.8 Å². The fraction of sp³-hybridized carbons (Fsp3) is 0.941. The van der Waals surface area contributed by atoms with Crippen LogP contribution in [0.5, 0.6) is 0 Å². The van der Waals surface area contributed by atoms with Crippen LogP contribution in [0.2, 0.25) is 6.04 Å². The molecule has 0 aromatic rings. The Balaban J connectivity index is 1.72. The quantitative estimate of drug-likeness (QED) is 0.244. The summed E-state index contributed by atoms with van der Waals surface area (Å²) < 4.78 is 28.5. The predicted octanol–water partition coefficient (Wildman–Crippen LogP) is 2.78. The maximum absolute atomic E-state index is 12.2. The number of epoxide rings is 1. The number of fused-ring (bicyclic) bond motifs is 1. The average molecular weight is 361 g/mol. The third-order valence-corrected chi connectivity index (χ3v) is 7.80. The minimum Gasteiger partial charge on any atom is -0.465 e. The number of hydrogen-bond donors (Lipinski definition) is 0. The molecule has 7 heteroatoms. The first-order chi connectivity index (χ1) is 11.5. The second-order valence-electron chi connectivity index (χ2n) is 6.54. The molecule has 1 heterocycles. The molecule has 2 fully saturated rings. The first kappa shape index (κ1) is 19.8. The molecule has 140 valence electrons. The molecule has 4 unspecified atom stereocenters. The molecule has 0 spiro atoms. The van der Waals surface area contributed by atoms with E-state index in [2.05, 4.69) is 6.92 Å². The molecule has 0 bridgehead atoms. The van der Waals surface area contributed by atoms with E-state index in [0.717, 1.165) is 12.8 Å². The van der Waals surface area contributed by atoms with Crippen molar-refractivity contribution in [3.05, 3.63) is 0 Å². The summed E-state index contributed by atoms with van der Waals surface area (Å²) in [5.41, 5.74) is 0. The van der Waals surface area contributed by atoms with Crippen LogP contribution in [0.3, 0.4) is 0 Å². The van der Waals surface area contributed by atoms with Gasteiger partial charge in [-0.25, -0.2) is 0 Å². The minimum atomic E-state index is -2.63. The second kappa shape index (κ2) is 9.29. The van der Waals surface area contributed by atoms with E-state index in [1.807, 2.05) is 20.8 Å². The summed E-state index contributed by atoms with van der Waals surface area (Å²) in [5.74, 6) is 0.346. The highest BCUT2D eigenvalue weighted by atomic mass is 28.4. The van der Waals surface area contributed by atoms with Crippen LogP contribution < -0.4 is 0 Å². The van der Waals surface area contributed by atoms with Gasteiger partial charge < -0.3 is 22.8 Å². The largest absolute Gasteiger partial charge is 0.501 e. The monoisotopic (exact) mass is 360 g/mol. The van der Waals surface area contributed by atoms with Crippen molar-refractivity contribution < 1.29 is 27.5 Å². The fourth-order valence-corrected chi connectivity index (χ4v) is 6.16. The van der Waals surface area contributed by atoms with Crippen LogP contribution in [-0.4, -0.2) is 53.4 Å². The average Bonchev–Trinajstić information content (AvgIpc) is 3.32. The normalized spacial score (nSPS) is 29.2. The fourth-order valence-electron chi connectivity index (χ4n) is 3.58. The molecule has 0 N–H and O–H groups in total. The first-order valence-electron chi connectivity index (χ1n) is 9.29. The Bertz CT molecular complexity index is 388. The number of ether oxygens (including phenoxy) is 2. The van der Waals surface area contributed by atoms with Gasteiger partial charge in [-0.3, -0.25) is 4.79 Å². The molecule has 1 saturated carbocycles. The van der Waals surface area contributed by atoms with Crippen LogP contribution in [0.4, 0.5) is 0 Å². The van der Waals surface area contributed by atoms with Crippen molar-refractivity contribution in [1.29, 1.82) is 0 Å². The maximum atomic E-state index is 12.2. The lowest BCUT2D eigenvalue weighted by atomic mass is 9.82. The van der Waals surface area contributed by atoms with Crippen LogP contribution in [0.1, 0.15) is 47.0 Å². The molecular formula is C17H32O6Si. The number of carbonyl (C=O) groups is 1. The van der Waals surface area contributed by atoms with Gasteiger partial charge in [-0.15, -0.1) is 0 Å². The van der Waals surface area contributed by atoms with Crippen molar-refractivity contribution in [2.75, 3.05) is 26.4 Å². The van der Waals surface area contributed by atoms with Crippen molar-refractivity contribution in [2.45, 2.75) is 65.2 Å². The topological polar surface area (TPSA) is 66.5 Å². The van der Waals surface area contributed by atoms with E-state index in [1.54, 1.807) is 0 Å². The van der Waals surface area contributed by atoms with E-state index in [1.165, 1.54) is 0 Å². The molecule has 1 aliphatic heterocycles. The van der Waals surface area contributed by atoms with Gasteiger partial charge in [-0.05, 0) is 46.0 Å². The third-order valence-electron chi connectivity index (χ3n) is 4.65. The lowest BCUT2D eigenvalue weighted by Gasteiger charge is -2.28. The van der Waals surface area contributed by atoms with Crippen molar-refractivity contribution in [1.82, 2.24) is 0 Å². The van der Waals surface area contributed by atoms with Crippen molar-refractivity contribution in [2.24, 2.45) is 11.8 Å². The molecule has 24 heavy (non-hydrogen) atoms. The minimum absolute atomic E-state index is 0.0172. The summed E-state index contributed by atoms with van der Waals surface area (Å²) >= 11 is 0. The Kier molecular flexibility index (Phi) is 7.68. The maximum Gasteiger partial charge on any atom is 0.501 e. The van der Waals surface area contributed by atoms with E-state index >= 15 is 0 Å². The molecule has 6 nitrogen and oxygen atoms in total. The predicted molar refractivity (Wildman–Crippen MR) is 91.6 cm³/mol. The smallest absolute Gasteiger partial charge is 0.465 e. The molecule has 4 atom stereocenters. The van der Waals surface area contributed by atoms with Crippen molar-refractivity contribution >= 4 is 14.8 Å². The van der Waals surface area contributed by atoms with Gasteiger partial charge in [0.25, 0.3) is 0 Å². The Hall–Kier alpha value is -0.473. The van der Waals surface area contributed by atoms with E-state index < -0.39 is 8.80 Å². The molecule has 0 aromatic heterocycles. The summed E-state index contributed by atoms with van der Waals surface area (Å²) in [6.07, 6.45) is 3.03. The van der Waals surface area contributed by atoms with E-state index in [-0.39, 0.29) is 18.0 Å². The number of carbonyl (C=O) groups excluding carboxylic acids is 1. The van der Waals surface area contributed by atoms with Crippen LogP contribution in [0.15, 0.2) is 0 Å². The zero-order chi connectivity index (χ0) is 17.6. The molecule has 0 radical (unpaired) electrons. The van der Waals surface area contributed by atoms with Crippen LogP contribution >= 0.6 is 0 Å². The van der Waals surface area contributed by atoms with Gasteiger partial charge in [0.2, 0.25) is 0 Å². The first-order valence-corrected chi connectivity index (χ1v) is 11.2. The van der Waals surface area contributed by atoms with Crippen molar-refractivity contribution in [3.8, 4) is 0 Å². The summed E-state index contributed by atoms with van der Waals surface area (Å²) in [5, 5.41) is 0. The van der Waals surface area contributed by atoms with Crippen molar-refractivity contribution in [3.63, 3.8) is 0 Å². The summed E-state index contributed by atoms with van der Waals surface area (Å²) in [4.78, 5) is 12.2. The Labute approximate surface area is 146 Å². The SMILES string of the molecule is CCO[Si](CCCOC(=O)C1CC(C)C2OC2C1)(OCC)OCC. The highest BCUT2D eigenvalue weighted by Gasteiger charge is 2.50. The van der Waals surface area contributed by atoms with E-state index in [4.69, 9.17) is 22.8 Å². The molecule has 1 aliphatic carbocycles. The van der Waals surface area contributed by atoms with Gasteiger partial charge in [0.05, 0.1) is 24.7 Å². The van der Waals surface area contributed by atoms with Crippen LogP contribution in [0.25, 0.3) is 0 Å². The van der Waals surface area contributed by atoms with E-state index in [0.29, 0.717) is 50.9 Å². The zero-order valence-corrected chi connectivity index (χ0v) is 16.4. The Morgan fingerprint density at radius 1 is 1.08 bits per heavy atom. The lowest BCUT2D eigenvalue weighted by Crippen LogP contribution is -2.46. The molecule has 2 aliphatic rings. The summed E-state index contributed by atoms with van der Waals surface area (Å²) in [6, 6.07) is 0.671. The van der Waals surface area contributed by atoms with Gasteiger partial charge in [-0.2, -0.15) is 0 Å². The van der Waals surface area contributed by atoms with Crippen LogP contribution in [-0.2, 0) is 27.5 Å². The second-order valence-corrected chi connectivity index (χ2v) is 9.27. The summed E-state index contributed by atoms with van der Waals surface area (Å²) in [7, 11) is -2.63. The number of rotatable bonds is 11. The molecule has 1 saturated heterocycles. The molecular weight excluding hydrogens is 328 g/mol. The summed E-state index contributed by atoms with van der Waals surface area (Å²) in [6.45, 7) is 10.1. The molecule has 0 aromatic carbocycles. The zero-order valence-electron chi connectivity index (χ0n) is 15.4. The van der Waals surface area contributed by atoms with Gasteiger partial charge in [0, 0.05) is 25.9 Å². The highest BCUT2D eigenvalue weighted by molar-refractivity contribution is 6.60. The lowest BCUT2D eigenvalue weighted by molar-refractivity contribution is -0.150. The van der Waals surface area contributed by atoms with Gasteiger partial charge in [0.1, 0.15) is 0 Å². The van der Waals surface area contributed by atoms with Gasteiger partial charge >= 0.3 is 14.8 Å². The highest BCUT2D eigenvalue weighted by Crippen LogP contribution is 2.43. The number of hydrogen-bond acceptors (Lipinski definition) is 6.